The molecule has 0 spiro atoms. The molecule has 2 aromatic heterocycles. The molecule has 0 fully saturated rings. The van der Waals surface area contributed by atoms with Crippen LogP contribution in [0.1, 0.15) is 60.1 Å². The molecule has 2 atom stereocenters. The van der Waals surface area contributed by atoms with Crippen LogP contribution in [0.25, 0.3) is 11.4 Å². The fourth-order valence-electron chi connectivity index (χ4n) is 4.96. The maximum Gasteiger partial charge on any atom is 0.392 e. The molecule has 1 amide bonds. The van der Waals surface area contributed by atoms with E-state index in [1.165, 1.54) is 0 Å². The second kappa shape index (κ2) is 9.13. The summed E-state index contributed by atoms with van der Waals surface area (Å²) in [7, 11) is 0. The Bertz CT molecular complexity index is 1230. The highest BCUT2D eigenvalue weighted by Gasteiger charge is 2.42. The number of imidazole rings is 1. The third-order valence-electron chi connectivity index (χ3n) is 7.02. The van der Waals surface area contributed by atoms with Crippen molar-refractivity contribution >= 4 is 5.91 Å². The Balaban J connectivity index is 1.26. The van der Waals surface area contributed by atoms with E-state index < -0.39 is 12.1 Å². The first-order chi connectivity index (χ1) is 16.7. The van der Waals surface area contributed by atoms with Crippen LogP contribution in [0.2, 0.25) is 0 Å². The highest BCUT2D eigenvalue weighted by Crippen LogP contribution is 2.35. The topological polar surface area (TPSA) is 77.6 Å². The molecule has 186 valence electrons. The summed E-state index contributed by atoms with van der Waals surface area (Å²) in [5.74, 6) is 0.812. The van der Waals surface area contributed by atoms with Gasteiger partial charge in [-0.1, -0.05) is 38.1 Å². The Labute approximate surface area is 201 Å². The van der Waals surface area contributed by atoms with Crippen LogP contribution in [-0.4, -0.2) is 36.4 Å². The lowest BCUT2D eigenvalue weighted by atomic mass is 9.98. The quantitative estimate of drug-likeness (QED) is 0.582. The zero-order chi connectivity index (χ0) is 24.7. The third-order valence-corrected chi connectivity index (χ3v) is 7.02. The number of carbonyl (C=O) groups excluding carboxylic acids is 1. The smallest absolute Gasteiger partial charge is 0.347 e. The van der Waals surface area contributed by atoms with Crippen LogP contribution in [0.5, 0.6) is 0 Å². The Hall–Kier alpha value is -3.17. The van der Waals surface area contributed by atoms with Gasteiger partial charge in [0, 0.05) is 38.0 Å². The number of alkyl halides is 3. The van der Waals surface area contributed by atoms with E-state index in [1.807, 2.05) is 31.2 Å². The zero-order valence-corrected chi connectivity index (χ0v) is 19.9. The number of aryl methyl sites for hydroxylation is 3. The number of nitrogens with one attached hydrogen (secondary N) is 1. The van der Waals surface area contributed by atoms with Gasteiger partial charge in [-0.25, -0.2) is 14.6 Å². The van der Waals surface area contributed by atoms with Crippen molar-refractivity contribution in [2.75, 3.05) is 0 Å². The number of carbonyl (C=O) groups is 1. The van der Waals surface area contributed by atoms with Gasteiger partial charge in [0.25, 0.3) is 5.91 Å². The number of aromatic nitrogens is 5. The molecule has 0 unspecified atom stereocenters. The number of rotatable bonds is 5. The van der Waals surface area contributed by atoms with Crippen molar-refractivity contribution in [3.8, 4) is 11.4 Å². The van der Waals surface area contributed by atoms with Crippen LogP contribution >= 0.6 is 0 Å². The number of amides is 1. The molecule has 10 heteroatoms. The van der Waals surface area contributed by atoms with Crippen LogP contribution in [0.3, 0.4) is 0 Å². The zero-order valence-electron chi connectivity index (χ0n) is 19.9. The monoisotopic (exact) mass is 486 g/mol. The molecule has 1 aromatic carbocycles. The Morgan fingerprint density at radius 3 is 2.63 bits per heavy atom. The highest BCUT2D eigenvalue weighted by atomic mass is 19.4. The minimum atomic E-state index is -4.21. The lowest BCUT2D eigenvalue weighted by molar-refractivity contribution is -0.179. The van der Waals surface area contributed by atoms with Crippen LogP contribution in [0, 0.1) is 11.8 Å². The first-order valence-corrected chi connectivity index (χ1v) is 12.2. The maximum atomic E-state index is 13.1. The van der Waals surface area contributed by atoms with Crippen molar-refractivity contribution < 1.29 is 18.0 Å². The summed E-state index contributed by atoms with van der Waals surface area (Å²) >= 11 is 0. The highest BCUT2D eigenvalue weighted by molar-refractivity contribution is 5.94. The molecule has 0 bridgehead atoms. The van der Waals surface area contributed by atoms with E-state index in [0.717, 1.165) is 42.0 Å². The van der Waals surface area contributed by atoms with E-state index >= 15 is 0 Å². The molecule has 0 saturated carbocycles. The van der Waals surface area contributed by atoms with Crippen molar-refractivity contribution in [1.29, 1.82) is 0 Å². The predicted molar refractivity (Wildman–Crippen MR) is 124 cm³/mol. The fourth-order valence-corrected chi connectivity index (χ4v) is 4.96. The Kier molecular flexibility index (Phi) is 6.14. The van der Waals surface area contributed by atoms with Gasteiger partial charge < -0.3 is 9.88 Å². The lowest BCUT2D eigenvalue weighted by Gasteiger charge is -2.24. The Morgan fingerprint density at radius 1 is 1.14 bits per heavy atom. The predicted octanol–water partition coefficient (Wildman–Crippen LogP) is 4.34. The molecule has 1 N–H and O–H groups in total. The summed E-state index contributed by atoms with van der Waals surface area (Å²) in [5.41, 5.74) is 3.14. The van der Waals surface area contributed by atoms with E-state index in [-0.39, 0.29) is 25.3 Å². The minimum absolute atomic E-state index is 0.0248. The van der Waals surface area contributed by atoms with E-state index in [1.54, 1.807) is 4.68 Å². The van der Waals surface area contributed by atoms with Crippen LogP contribution in [-0.2, 0) is 38.9 Å². The van der Waals surface area contributed by atoms with Crippen LogP contribution in [0.15, 0.2) is 24.3 Å². The standard InChI is InChI=1S/C25H29F3N6O/c1-3-19-22(33-14-15(2)4-9-20(33)30-19)24(35)29-13-16-5-7-17(8-6-16)23-31-21-12-18(25(26,27)28)10-11-34(21)32-23/h5-8,15,18H,3-4,9-14H2,1-2H3,(H,29,35)/t15-,18-/m1/s1. The molecule has 2 aliphatic rings. The molecule has 0 saturated heterocycles. The van der Waals surface area contributed by atoms with Gasteiger partial charge in [0.15, 0.2) is 5.82 Å². The summed E-state index contributed by atoms with van der Waals surface area (Å²) in [6.07, 6.45) is -1.64. The average Bonchev–Trinajstić information content (AvgIpc) is 3.42. The number of hydrogen-bond acceptors (Lipinski definition) is 4. The van der Waals surface area contributed by atoms with Gasteiger partial charge in [0.05, 0.1) is 11.6 Å². The summed E-state index contributed by atoms with van der Waals surface area (Å²) in [4.78, 5) is 22.1. The SMILES string of the molecule is CCc1nc2n(c1C(=O)NCc1ccc(-c3nc4n(n3)CC[C@@H](C(F)(F)F)C4)cc1)C[C@H](C)CC2. The molecular weight excluding hydrogens is 457 g/mol. The molecule has 4 heterocycles. The lowest BCUT2D eigenvalue weighted by Crippen LogP contribution is -2.31. The van der Waals surface area contributed by atoms with Gasteiger partial charge >= 0.3 is 6.18 Å². The third kappa shape index (κ3) is 4.70. The van der Waals surface area contributed by atoms with E-state index in [2.05, 4.69) is 26.9 Å². The second-order valence-corrected chi connectivity index (χ2v) is 9.62. The maximum absolute atomic E-state index is 13.1. The summed E-state index contributed by atoms with van der Waals surface area (Å²) in [6.45, 7) is 5.59. The van der Waals surface area contributed by atoms with Crippen LogP contribution < -0.4 is 5.32 Å². The van der Waals surface area contributed by atoms with E-state index in [4.69, 9.17) is 4.98 Å². The molecular formula is C25H29F3N6O. The van der Waals surface area contributed by atoms with Gasteiger partial charge in [-0.15, -0.1) is 0 Å². The number of fused-ring (bicyclic) bond motifs is 2. The molecule has 3 aromatic rings. The van der Waals surface area contributed by atoms with E-state index in [9.17, 15) is 18.0 Å². The molecule has 35 heavy (non-hydrogen) atoms. The second-order valence-electron chi connectivity index (χ2n) is 9.62. The van der Waals surface area contributed by atoms with Gasteiger partial charge in [-0.3, -0.25) is 4.79 Å². The summed E-state index contributed by atoms with van der Waals surface area (Å²) in [5, 5.41) is 7.42. The molecule has 0 radical (unpaired) electrons. The van der Waals surface area contributed by atoms with Crippen molar-refractivity contribution in [3.05, 3.63) is 52.9 Å². The van der Waals surface area contributed by atoms with Gasteiger partial charge in [-0.2, -0.15) is 18.3 Å². The van der Waals surface area contributed by atoms with Gasteiger partial charge in [0.2, 0.25) is 0 Å². The normalized spacial score (nSPS) is 19.8. The molecule has 0 aliphatic carbocycles. The van der Waals surface area contributed by atoms with Crippen molar-refractivity contribution in [2.45, 2.75) is 71.8 Å². The number of halogens is 3. The molecule has 7 nitrogen and oxygen atoms in total. The van der Waals surface area contributed by atoms with Crippen molar-refractivity contribution in [1.82, 2.24) is 29.6 Å². The Morgan fingerprint density at radius 2 is 1.91 bits per heavy atom. The van der Waals surface area contributed by atoms with Gasteiger partial charge in [0.1, 0.15) is 17.3 Å². The number of benzene rings is 1. The first-order valence-electron chi connectivity index (χ1n) is 12.2. The molecule has 5 rings (SSSR count). The van der Waals surface area contributed by atoms with E-state index in [0.29, 0.717) is 36.2 Å². The summed E-state index contributed by atoms with van der Waals surface area (Å²) < 4.78 is 42.9. The number of hydrogen-bond donors (Lipinski definition) is 1. The molecule has 2 aliphatic heterocycles. The number of nitrogens with zero attached hydrogens (tertiary/aromatic N) is 5. The van der Waals surface area contributed by atoms with Gasteiger partial charge in [-0.05, 0) is 30.7 Å². The first kappa shape index (κ1) is 23.6. The summed E-state index contributed by atoms with van der Waals surface area (Å²) in [6, 6.07) is 7.43. The largest absolute Gasteiger partial charge is 0.392 e. The van der Waals surface area contributed by atoms with Crippen molar-refractivity contribution in [3.63, 3.8) is 0 Å². The average molecular weight is 487 g/mol. The van der Waals surface area contributed by atoms with Crippen LogP contribution in [0.4, 0.5) is 13.2 Å². The van der Waals surface area contributed by atoms with Crippen molar-refractivity contribution in [2.24, 2.45) is 11.8 Å². The fraction of sp³-hybridized carbons (Fsp3) is 0.520. The minimum Gasteiger partial charge on any atom is -0.347 e.